The molecule has 0 N–H and O–H groups in total. The Kier molecular flexibility index (Phi) is 15.4. The van der Waals surface area contributed by atoms with Crippen molar-refractivity contribution in [3.8, 4) is 34.5 Å². The third-order valence-corrected chi connectivity index (χ3v) is 9.46. The van der Waals surface area contributed by atoms with E-state index in [0.717, 1.165) is 22.3 Å². The van der Waals surface area contributed by atoms with E-state index in [0.29, 0.717) is 23.0 Å². The minimum absolute atomic E-state index is 0.0618. The summed E-state index contributed by atoms with van der Waals surface area (Å²) in [6, 6.07) is 51.1. The summed E-state index contributed by atoms with van der Waals surface area (Å²) in [5, 5.41) is 0. The van der Waals surface area contributed by atoms with Gasteiger partial charge in [-0.05, 0) is 58.7 Å². The molecule has 0 heterocycles. The molecular formula is C51H39Cl3O10. The van der Waals surface area contributed by atoms with Crippen molar-refractivity contribution < 1.29 is 47.5 Å². The Morgan fingerprint density at radius 1 is 0.359 bits per heavy atom. The maximum Gasteiger partial charge on any atom is 0.343 e. The predicted octanol–water partition coefficient (Wildman–Crippen LogP) is 12.0. The molecule has 0 aliphatic heterocycles. The zero-order valence-electron chi connectivity index (χ0n) is 34.0. The summed E-state index contributed by atoms with van der Waals surface area (Å²) in [7, 11) is 0. The smallest absolute Gasteiger partial charge is 0.343 e. The van der Waals surface area contributed by atoms with E-state index in [1.807, 2.05) is 121 Å². The van der Waals surface area contributed by atoms with E-state index in [4.69, 9.17) is 68.0 Å². The van der Waals surface area contributed by atoms with E-state index in [1.54, 1.807) is 12.1 Å². The van der Waals surface area contributed by atoms with Crippen molar-refractivity contribution in [2.24, 2.45) is 0 Å². The summed E-state index contributed by atoms with van der Waals surface area (Å²) in [5.41, 5.74) is 3.57. The molecule has 0 saturated carbocycles. The van der Waals surface area contributed by atoms with Crippen molar-refractivity contribution in [2.45, 2.75) is 30.2 Å². The largest absolute Gasteiger partial charge is 0.489 e. The topological polar surface area (TPSA) is 116 Å². The molecule has 0 saturated heterocycles. The minimum Gasteiger partial charge on any atom is -0.489 e. The number of hydrogen-bond acceptors (Lipinski definition) is 10. The van der Waals surface area contributed by atoms with Crippen LogP contribution in [0.2, 0.25) is 0 Å². The summed E-state index contributed by atoms with van der Waals surface area (Å²) >= 11 is 17.6. The number of alkyl halides is 3. The summed E-state index contributed by atoms with van der Waals surface area (Å²) < 4.78 is 39.2. The number of esters is 3. The maximum atomic E-state index is 13.9. The van der Waals surface area contributed by atoms with Gasteiger partial charge in [0.2, 0.25) is 3.79 Å². The molecule has 0 amide bonds. The molecule has 7 rings (SSSR count). The van der Waals surface area contributed by atoms with Gasteiger partial charge in [0, 0.05) is 18.2 Å². The molecule has 0 radical (unpaired) electrons. The van der Waals surface area contributed by atoms with Gasteiger partial charge in [-0.25, -0.2) is 14.4 Å². The summed E-state index contributed by atoms with van der Waals surface area (Å²) in [5.74, 6) is -1.66. The molecule has 7 aromatic carbocycles. The van der Waals surface area contributed by atoms with Gasteiger partial charge in [-0.1, -0.05) is 156 Å². The highest BCUT2D eigenvalue weighted by Crippen LogP contribution is 2.32. The van der Waals surface area contributed by atoms with Gasteiger partial charge in [-0.2, -0.15) is 0 Å². The van der Waals surface area contributed by atoms with Gasteiger partial charge in [-0.15, -0.1) is 0 Å². The first-order valence-electron chi connectivity index (χ1n) is 19.8. The minimum atomic E-state index is -1.92. The fourth-order valence-electron chi connectivity index (χ4n) is 6.05. The van der Waals surface area contributed by atoms with Crippen LogP contribution in [0.15, 0.2) is 176 Å². The average Bonchev–Trinajstić information content (AvgIpc) is 3.31. The molecule has 324 valence electrons. The lowest BCUT2D eigenvalue weighted by molar-refractivity contribution is 0.0508. The highest BCUT2D eigenvalue weighted by molar-refractivity contribution is 6.67. The van der Waals surface area contributed by atoms with Crippen LogP contribution in [-0.2, 0) is 31.2 Å². The fourth-order valence-corrected chi connectivity index (χ4v) is 6.21. The van der Waals surface area contributed by atoms with Crippen molar-refractivity contribution in [1.29, 1.82) is 0 Å². The van der Waals surface area contributed by atoms with E-state index in [2.05, 4.69) is 0 Å². The number of halogens is 3. The predicted molar refractivity (Wildman–Crippen MR) is 243 cm³/mol. The first-order chi connectivity index (χ1) is 31.0. The van der Waals surface area contributed by atoms with Crippen LogP contribution in [-0.4, -0.2) is 28.3 Å². The monoisotopic (exact) mass is 916 g/mol. The Morgan fingerprint density at radius 3 is 0.922 bits per heavy atom. The van der Waals surface area contributed by atoms with E-state index >= 15 is 0 Å². The van der Waals surface area contributed by atoms with Crippen LogP contribution in [0.5, 0.6) is 34.5 Å². The summed E-state index contributed by atoms with van der Waals surface area (Å²) in [6.07, 6.45) is 0. The second kappa shape index (κ2) is 21.9. The Balaban J connectivity index is 1.16. The van der Waals surface area contributed by atoms with E-state index in [1.165, 1.54) is 42.5 Å². The van der Waals surface area contributed by atoms with Crippen LogP contribution in [0.3, 0.4) is 0 Å². The quantitative estimate of drug-likeness (QED) is 0.0468. The molecule has 0 atom stereocenters. The number of hydrogen-bond donors (Lipinski definition) is 0. The second-order valence-electron chi connectivity index (χ2n) is 14.1. The van der Waals surface area contributed by atoms with Crippen LogP contribution in [0.1, 0.15) is 53.3 Å². The number of carbonyl (C=O) groups is 3. The average molecular weight is 918 g/mol. The lowest BCUT2D eigenvalue weighted by Gasteiger charge is -2.15. The molecule has 0 fully saturated rings. The lowest BCUT2D eigenvalue weighted by atomic mass is 10.1. The Hall–Kier alpha value is -6.98. The zero-order valence-corrected chi connectivity index (χ0v) is 36.3. The van der Waals surface area contributed by atoms with Crippen molar-refractivity contribution in [2.75, 3.05) is 6.61 Å². The number of benzene rings is 7. The molecule has 0 unspecified atom stereocenters. The van der Waals surface area contributed by atoms with Crippen molar-refractivity contribution >= 4 is 52.7 Å². The highest BCUT2D eigenvalue weighted by atomic mass is 35.6. The van der Waals surface area contributed by atoms with Gasteiger partial charge in [-0.3, -0.25) is 0 Å². The van der Waals surface area contributed by atoms with E-state index in [-0.39, 0.29) is 54.6 Å². The molecule has 0 spiro atoms. The Bertz CT molecular complexity index is 2370. The summed E-state index contributed by atoms with van der Waals surface area (Å²) in [4.78, 5) is 41.1. The first kappa shape index (κ1) is 45.1. The van der Waals surface area contributed by atoms with Gasteiger partial charge >= 0.3 is 17.9 Å². The molecule has 7 aromatic rings. The molecular weight excluding hydrogens is 879 g/mol. The molecule has 10 nitrogen and oxygen atoms in total. The maximum absolute atomic E-state index is 13.9. The molecule has 0 aliphatic rings. The van der Waals surface area contributed by atoms with Crippen LogP contribution in [0, 0.1) is 0 Å². The van der Waals surface area contributed by atoms with Gasteiger partial charge in [0.25, 0.3) is 0 Å². The van der Waals surface area contributed by atoms with Crippen LogP contribution >= 0.6 is 34.8 Å². The van der Waals surface area contributed by atoms with Gasteiger partial charge < -0.3 is 33.2 Å². The summed E-state index contributed by atoms with van der Waals surface area (Å²) in [6.45, 7) is 0.264. The highest BCUT2D eigenvalue weighted by Gasteiger charge is 2.24. The van der Waals surface area contributed by atoms with Gasteiger partial charge in [0.1, 0.15) is 67.5 Å². The van der Waals surface area contributed by atoms with Crippen LogP contribution in [0.25, 0.3) is 0 Å². The third kappa shape index (κ3) is 14.0. The second-order valence-corrected chi connectivity index (χ2v) is 16.7. The van der Waals surface area contributed by atoms with Gasteiger partial charge in [0.15, 0.2) is 0 Å². The third-order valence-electron chi connectivity index (χ3n) is 9.13. The van der Waals surface area contributed by atoms with Crippen LogP contribution < -0.4 is 28.4 Å². The number of ether oxygens (including phenoxy) is 7. The van der Waals surface area contributed by atoms with E-state index in [9.17, 15) is 14.4 Å². The Morgan fingerprint density at radius 2 is 0.625 bits per heavy atom. The molecule has 13 heteroatoms. The van der Waals surface area contributed by atoms with Crippen molar-refractivity contribution in [1.82, 2.24) is 0 Å². The number of rotatable bonds is 18. The standard InChI is InChI=1S/C51H39Cl3O10/c52-51(53,54)34-62-48(55)39-25-46(63-49(56)40-21-42(58-30-35-13-5-1-6-14-35)27-43(22-40)59-31-36-15-7-2-8-16-36)29-47(26-39)64-50(57)41-23-44(60-32-37-17-9-3-10-18-37)28-45(24-41)61-33-38-19-11-4-12-20-38/h1-29H,30-34H2. The lowest BCUT2D eigenvalue weighted by Crippen LogP contribution is -2.18. The van der Waals surface area contributed by atoms with Crippen molar-refractivity contribution in [3.63, 3.8) is 0 Å². The molecule has 0 bridgehead atoms. The SMILES string of the molecule is O=C(OCC(Cl)(Cl)Cl)c1cc(OC(=O)c2cc(OCc3ccccc3)cc(OCc3ccccc3)c2)cc(OC(=O)c2cc(OCc3ccccc3)cc(OCc3ccccc3)c2)c1. The Labute approximate surface area is 384 Å². The van der Waals surface area contributed by atoms with E-state index < -0.39 is 28.3 Å². The van der Waals surface area contributed by atoms with Crippen molar-refractivity contribution in [3.05, 3.63) is 215 Å². The first-order valence-corrected chi connectivity index (χ1v) is 21.0. The van der Waals surface area contributed by atoms with Gasteiger partial charge in [0.05, 0.1) is 16.7 Å². The number of carbonyl (C=O) groups excluding carboxylic acids is 3. The molecule has 0 aromatic heterocycles. The normalized spacial score (nSPS) is 10.9. The molecule has 64 heavy (non-hydrogen) atoms. The van der Waals surface area contributed by atoms with Crippen LogP contribution in [0.4, 0.5) is 0 Å². The zero-order chi connectivity index (χ0) is 44.7. The molecule has 0 aliphatic carbocycles. The fraction of sp³-hybridized carbons (Fsp3) is 0.118.